The molecule has 0 atom stereocenters. The van der Waals surface area contributed by atoms with Gasteiger partial charge in [0.25, 0.3) is 5.91 Å². The van der Waals surface area contributed by atoms with Crippen LogP contribution in [0.3, 0.4) is 0 Å². The second-order valence-electron chi connectivity index (χ2n) is 5.16. The summed E-state index contributed by atoms with van der Waals surface area (Å²) in [5, 5.41) is 13.0. The number of aryl methyl sites for hydroxylation is 1. The van der Waals surface area contributed by atoms with Crippen LogP contribution in [0.4, 0.5) is 5.13 Å². The largest absolute Gasteiger partial charge is 0.296 e. The van der Waals surface area contributed by atoms with E-state index in [1.54, 1.807) is 12.3 Å². The number of hydrogen-bond donors (Lipinski definition) is 1. The molecular weight excluding hydrogens is 356 g/mol. The molecule has 0 radical (unpaired) electrons. The fourth-order valence-corrected chi connectivity index (χ4v) is 5.81. The molecule has 0 aliphatic carbocycles. The second-order valence-corrected chi connectivity index (χ2v) is 9.16. The molecule has 3 heterocycles. The average molecular weight is 372 g/mol. The highest BCUT2D eigenvalue weighted by Gasteiger charge is 2.31. The highest BCUT2D eigenvalue weighted by atomic mass is 32.2. The molecule has 124 valence electrons. The molecule has 2 aromatic heterocycles. The first-order chi connectivity index (χ1) is 11.0. The quantitative estimate of drug-likeness (QED) is 0.889. The zero-order valence-corrected chi connectivity index (χ0v) is 14.9. The van der Waals surface area contributed by atoms with E-state index in [1.165, 1.54) is 21.7 Å². The van der Waals surface area contributed by atoms with Gasteiger partial charge in [-0.2, -0.15) is 4.31 Å². The van der Waals surface area contributed by atoms with Gasteiger partial charge in [-0.25, -0.2) is 8.42 Å². The van der Waals surface area contributed by atoms with Gasteiger partial charge >= 0.3 is 0 Å². The second kappa shape index (κ2) is 6.63. The van der Waals surface area contributed by atoms with E-state index in [0.29, 0.717) is 18.2 Å². The maximum absolute atomic E-state index is 12.8. The van der Waals surface area contributed by atoms with Gasteiger partial charge in [0.15, 0.2) is 0 Å². The molecule has 1 aliphatic heterocycles. The standard InChI is InChI=1S/C13H16N4O3S3/c1-9-15-16-13(22-9)14-12(18)11-10(5-8-21-11)23(19,20)17-6-3-2-4-7-17/h5,8H,2-4,6-7H2,1H3,(H,14,16,18). The smallest absolute Gasteiger partial charge is 0.268 e. The number of nitrogens with zero attached hydrogens (tertiary/aromatic N) is 3. The van der Waals surface area contributed by atoms with E-state index in [1.807, 2.05) is 0 Å². The van der Waals surface area contributed by atoms with E-state index in [9.17, 15) is 13.2 Å². The number of sulfonamides is 1. The molecule has 1 N–H and O–H groups in total. The highest BCUT2D eigenvalue weighted by Crippen LogP contribution is 2.28. The van der Waals surface area contributed by atoms with Crippen molar-refractivity contribution in [1.29, 1.82) is 0 Å². The molecule has 1 fully saturated rings. The zero-order chi connectivity index (χ0) is 16.4. The van der Waals surface area contributed by atoms with Crippen molar-refractivity contribution in [2.75, 3.05) is 18.4 Å². The number of aromatic nitrogens is 2. The molecule has 0 bridgehead atoms. The van der Waals surface area contributed by atoms with Crippen molar-refractivity contribution in [2.24, 2.45) is 0 Å². The summed E-state index contributed by atoms with van der Waals surface area (Å²) in [5.74, 6) is -0.466. The van der Waals surface area contributed by atoms with E-state index in [-0.39, 0.29) is 9.77 Å². The van der Waals surface area contributed by atoms with Crippen LogP contribution in [0, 0.1) is 6.92 Å². The predicted molar refractivity (Wildman–Crippen MR) is 89.5 cm³/mol. The van der Waals surface area contributed by atoms with Crippen molar-refractivity contribution in [2.45, 2.75) is 31.1 Å². The summed E-state index contributed by atoms with van der Waals surface area (Å²) >= 11 is 2.36. The normalized spacial score (nSPS) is 16.4. The lowest BCUT2D eigenvalue weighted by Crippen LogP contribution is -2.36. The van der Waals surface area contributed by atoms with Crippen LogP contribution in [0.5, 0.6) is 0 Å². The van der Waals surface area contributed by atoms with Crippen LogP contribution in [0.1, 0.15) is 33.9 Å². The van der Waals surface area contributed by atoms with Gasteiger partial charge in [-0.3, -0.25) is 10.1 Å². The van der Waals surface area contributed by atoms with E-state index in [2.05, 4.69) is 15.5 Å². The third-order valence-corrected chi connectivity index (χ3v) is 7.25. The lowest BCUT2D eigenvalue weighted by Gasteiger charge is -2.25. The number of anilines is 1. The Hall–Kier alpha value is -1.36. The van der Waals surface area contributed by atoms with Gasteiger partial charge < -0.3 is 0 Å². The molecule has 3 rings (SSSR count). The number of thiophene rings is 1. The number of piperidine rings is 1. The first-order valence-corrected chi connectivity index (χ1v) is 10.3. The summed E-state index contributed by atoms with van der Waals surface area (Å²) in [7, 11) is -3.63. The summed E-state index contributed by atoms with van der Waals surface area (Å²) < 4.78 is 27.0. The van der Waals surface area contributed by atoms with E-state index < -0.39 is 15.9 Å². The lowest BCUT2D eigenvalue weighted by molar-refractivity contribution is 0.102. The maximum Gasteiger partial charge on any atom is 0.268 e. The Labute approximate surface area is 142 Å². The number of nitrogens with one attached hydrogen (secondary N) is 1. The number of hydrogen-bond acceptors (Lipinski definition) is 7. The number of rotatable bonds is 4. The van der Waals surface area contributed by atoms with Gasteiger partial charge in [0.05, 0.1) is 0 Å². The molecule has 0 unspecified atom stereocenters. The Morgan fingerprint density at radius 2 is 2.00 bits per heavy atom. The fraction of sp³-hybridized carbons (Fsp3) is 0.462. The van der Waals surface area contributed by atoms with Gasteiger partial charge in [-0.1, -0.05) is 17.8 Å². The number of carbonyl (C=O) groups is 1. The maximum atomic E-state index is 12.8. The number of amides is 1. The van der Waals surface area contributed by atoms with E-state index in [4.69, 9.17) is 0 Å². The monoisotopic (exact) mass is 372 g/mol. The summed E-state index contributed by atoms with van der Waals surface area (Å²) in [6, 6.07) is 1.49. The van der Waals surface area contributed by atoms with Crippen LogP contribution in [-0.4, -0.2) is 41.9 Å². The van der Waals surface area contributed by atoms with Gasteiger partial charge in [-0.05, 0) is 31.2 Å². The van der Waals surface area contributed by atoms with Crippen LogP contribution in [0.2, 0.25) is 0 Å². The van der Waals surface area contributed by atoms with E-state index >= 15 is 0 Å². The molecule has 10 heteroatoms. The molecule has 1 saturated heterocycles. The third kappa shape index (κ3) is 3.44. The summed E-state index contributed by atoms with van der Waals surface area (Å²) in [6.45, 7) is 2.80. The van der Waals surface area contributed by atoms with Crippen LogP contribution in [-0.2, 0) is 10.0 Å². The van der Waals surface area contributed by atoms with Crippen molar-refractivity contribution in [3.63, 3.8) is 0 Å². The van der Waals surface area contributed by atoms with Crippen molar-refractivity contribution in [1.82, 2.24) is 14.5 Å². The topological polar surface area (TPSA) is 92.3 Å². The Kier molecular flexibility index (Phi) is 4.76. The predicted octanol–water partition coefficient (Wildman–Crippen LogP) is 2.33. The van der Waals surface area contributed by atoms with E-state index in [0.717, 1.165) is 35.6 Å². The van der Waals surface area contributed by atoms with Crippen LogP contribution >= 0.6 is 22.7 Å². The van der Waals surface area contributed by atoms with Crippen LogP contribution in [0.15, 0.2) is 16.3 Å². The molecule has 7 nitrogen and oxygen atoms in total. The first kappa shape index (κ1) is 16.5. The van der Waals surface area contributed by atoms with Crippen molar-refractivity contribution < 1.29 is 13.2 Å². The summed E-state index contributed by atoms with van der Waals surface area (Å²) in [4.78, 5) is 12.6. The Morgan fingerprint density at radius 3 is 2.65 bits per heavy atom. The van der Waals surface area contributed by atoms with Crippen LogP contribution in [0.25, 0.3) is 0 Å². The molecule has 0 spiro atoms. The average Bonchev–Trinajstić information content (AvgIpc) is 3.17. The molecule has 0 aromatic carbocycles. The minimum atomic E-state index is -3.63. The minimum absolute atomic E-state index is 0.0723. The molecular formula is C13H16N4O3S3. The van der Waals surface area contributed by atoms with Crippen LogP contribution < -0.4 is 5.32 Å². The van der Waals surface area contributed by atoms with Gasteiger partial charge in [0, 0.05) is 13.1 Å². The molecule has 2 aromatic rings. The van der Waals surface area contributed by atoms with Gasteiger partial charge in [0.2, 0.25) is 15.2 Å². The molecule has 23 heavy (non-hydrogen) atoms. The molecule has 0 saturated carbocycles. The Morgan fingerprint density at radius 1 is 1.26 bits per heavy atom. The highest BCUT2D eigenvalue weighted by molar-refractivity contribution is 7.89. The van der Waals surface area contributed by atoms with Crippen molar-refractivity contribution >= 4 is 43.7 Å². The van der Waals surface area contributed by atoms with Crippen molar-refractivity contribution in [3.05, 3.63) is 21.3 Å². The minimum Gasteiger partial charge on any atom is -0.296 e. The van der Waals surface area contributed by atoms with Gasteiger partial charge in [-0.15, -0.1) is 21.5 Å². The third-order valence-electron chi connectivity index (χ3n) is 3.51. The molecule has 1 aliphatic rings. The summed E-state index contributed by atoms with van der Waals surface area (Å²) in [5.41, 5.74) is 0. The number of carbonyl (C=O) groups excluding carboxylic acids is 1. The molecule has 1 amide bonds. The Bertz CT molecular complexity index is 806. The SMILES string of the molecule is Cc1nnc(NC(=O)c2sccc2S(=O)(=O)N2CCCCC2)s1. The summed E-state index contributed by atoms with van der Waals surface area (Å²) in [6.07, 6.45) is 2.75. The fourth-order valence-electron chi connectivity index (χ4n) is 2.41. The lowest BCUT2D eigenvalue weighted by atomic mass is 10.2. The zero-order valence-electron chi connectivity index (χ0n) is 12.5. The van der Waals surface area contributed by atoms with Crippen molar-refractivity contribution in [3.8, 4) is 0 Å². The first-order valence-electron chi connectivity index (χ1n) is 7.17. The van der Waals surface area contributed by atoms with Gasteiger partial charge in [0.1, 0.15) is 14.8 Å². The Balaban J connectivity index is 1.85.